The van der Waals surface area contributed by atoms with Gasteiger partial charge >= 0.3 is 39.7 Å². The van der Waals surface area contributed by atoms with Crippen molar-refractivity contribution in [1.29, 1.82) is 0 Å². The molecule has 0 radical (unpaired) electrons. The van der Waals surface area contributed by atoms with Crippen molar-refractivity contribution in [2.45, 2.75) is 30.5 Å². The monoisotopic (exact) mass is 358 g/mol. The number of thiophene rings is 1. The van der Waals surface area contributed by atoms with Gasteiger partial charge in [0.25, 0.3) is 0 Å². The number of amides is 2. The molecular weight excluding hydrogens is 339 g/mol. The van der Waals surface area contributed by atoms with Crippen LogP contribution >= 0.6 is 11.3 Å². The summed E-state index contributed by atoms with van der Waals surface area (Å²) in [6.07, 6.45) is 0.374. The molecule has 22 heavy (non-hydrogen) atoms. The van der Waals surface area contributed by atoms with Crippen LogP contribution in [-0.4, -0.2) is 39.4 Å². The standard InChI is InChI=1S/C12H18N2O5S2.Na.H/c1-9(15)13-6-5-11(14-10(2)16)8-19-21(17,18)12-4-3-7-20-12;;/h3-4,7,11H,5-6,8H2,1-2H3,(H,13,15)(H,14,16);;/q;+1;-1. The summed E-state index contributed by atoms with van der Waals surface area (Å²) < 4.78 is 28.8. The van der Waals surface area contributed by atoms with E-state index >= 15 is 0 Å². The molecule has 1 unspecified atom stereocenters. The molecule has 120 valence electrons. The predicted molar refractivity (Wildman–Crippen MR) is 79.5 cm³/mol. The summed E-state index contributed by atoms with van der Waals surface area (Å²) in [5.41, 5.74) is 0. The second kappa shape index (κ2) is 10.3. The van der Waals surface area contributed by atoms with Gasteiger partial charge in [-0.2, -0.15) is 8.42 Å². The van der Waals surface area contributed by atoms with E-state index < -0.39 is 16.2 Å². The molecule has 0 fully saturated rings. The minimum absolute atomic E-state index is 0. The maximum Gasteiger partial charge on any atom is 1.00 e. The van der Waals surface area contributed by atoms with E-state index in [-0.39, 0.29) is 53.6 Å². The molecule has 0 bridgehead atoms. The van der Waals surface area contributed by atoms with Crippen LogP contribution in [0, 0.1) is 0 Å². The summed E-state index contributed by atoms with van der Waals surface area (Å²) in [6.45, 7) is 2.85. The fourth-order valence-corrected chi connectivity index (χ4v) is 3.48. The van der Waals surface area contributed by atoms with Crippen molar-refractivity contribution in [1.82, 2.24) is 10.6 Å². The molecule has 1 aromatic rings. The van der Waals surface area contributed by atoms with Crippen LogP contribution in [0.15, 0.2) is 21.7 Å². The van der Waals surface area contributed by atoms with E-state index in [2.05, 4.69) is 10.6 Å². The number of nitrogens with one attached hydrogen (secondary N) is 2. The van der Waals surface area contributed by atoms with Crippen molar-refractivity contribution >= 4 is 33.3 Å². The fraction of sp³-hybridized carbons (Fsp3) is 0.500. The van der Waals surface area contributed by atoms with E-state index in [1.807, 2.05) is 0 Å². The molecule has 0 saturated heterocycles. The molecule has 1 rings (SSSR count). The maximum atomic E-state index is 11.9. The van der Waals surface area contributed by atoms with Gasteiger partial charge in [-0.25, -0.2) is 0 Å². The first kappa shape index (κ1) is 21.6. The van der Waals surface area contributed by atoms with Gasteiger partial charge in [-0.1, -0.05) is 6.07 Å². The largest absolute Gasteiger partial charge is 1.00 e. The SMILES string of the molecule is CC(=O)NCCC(COS(=O)(=O)c1cccs1)NC(C)=O.[H-].[Na+]. The Hall–Kier alpha value is -0.450. The molecule has 1 heterocycles. The Morgan fingerprint density at radius 2 is 2.05 bits per heavy atom. The third-order valence-electron chi connectivity index (χ3n) is 2.44. The molecule has 10 heteroatoms. The number of carbonyl (C=O) groups excluding carboxylic acids is 2. The second-order valence-corrected chi connectivity index (χ2v) is 7.13. The molecule has 2 amide bonds. The second-order valence-electron chi connectivity index (χ2n) is 4.34. The topological polar surface area (TPSA) is 102 Å². The van der Waals surface area contributed by atoms with Crippen LogP contribution in [0.25, 0.3) is 0 Å². The first-order valence-corrected chi connectivity index (χ1v) is 8.54. The minimum atomic E-state index is -3.81. The van der Waals surface area contributed by atoms with E-state index in [1.165, 1.54) is 19.9 Å². The van der Waals surface area contributed by atoms with Gasteiger partial charge < -0.3 is 12.1 Å². The number of hydrogen-bond acceptors (Lipinski definition) is 6. The molecule has 0 aromatic carbocycles. The fourth-order valence-electron chi connectivity index (χ4n) is 1.54. The van der Waals surface area contributed by atoms with Crippen molar-refractivity contribution in [3.05, 3.63) is 17.5 Å². The average molecular weight is 358 g/mol. The Morgan fingerprint density at radius 1 is 1.36 bits per heavy atom. The van der Waals surface area contributed by atoms with Gasteiger partial charge in [0, 0.05) is 20.4 Å². The van der Waals surface area contributed by atoms with Crippen LogP contribution in [0.1, 0.15) is 21.7 Å². The first-order valence-electron chi connectivity index (χ1n) is 6.25. The summed E-state index contributed by atoms with van der Waals surface area (Å²) in [7, 11) is -3.81. The van der Waals surface area contributed by atoms with E-state index in [4.69, 9.17) is 4.18 Å². The van der Waals surface area contributed by atoms with Crippen LogP contribution < -0.4 is 40.2 Å². The van der Waals surface area contributed by atoms with Crippen LogP contribution in [0.4, 0.5) is 0 Å². The van der Waals surface area contributed by atoms with Gasteiger partial charge in [0.1, 0.15) is 4.21 Å². The summed E-state index contributed by atoms with van der Waals surface area (Å²) in [6, 6.07) is 2.57. The molecule has 0 aliphatic heterocycles. The van der Waals surface area contributed by atoms with Gasteiger partial charge in [0.05, 0.1) is 12.6 Å². The molecule has 0 spiro atoms. The number of carbonyl (C=O) groups is 2. The quantitative estimate of drug-likeness (QED) is 0.399. The van der Waals surface area contributed by atoms with E-state index in [0.29, 0.717) is 13.0 Å². The normalized spacial score (nSPS) is 12.1. The molecule has 0 saturated carbocycles. The van der Waals surface area contributed by atoms with Crippen LogP contribution in [0.2, 0.25) is 0 Å². The van der Waals surface area contributed by atoms with Gasteiger partial charge in [0.15, 0.2) is 0 Å². The van der Waals surface area contributed by atoms with Gasteiger partial charge in [-0.05, 0) is 17.9 Å². The van der Waals surface area contributed by atoms with Gasteiger partial charge in [-0.3, -0.25) is 13.8 Å². The zero-order valence-corrected chi connectivity index (χ0v) is 16.4. The molecule has 0 aliphatic carbocycles. The van der Waals surface area contributed by atoms with Gasteiger partial charge in [-0.15, -0.1) is 11.3 Å². The van der Waals surface area contributed by atoms with Crippen molar-refractivity contribution in [2.75, 3.05) is 13.2 Å². The summed E-state index contributed by atoms with van der Waals surface area (Å²) in [5.74, 6) is -0.483. The van der Waals surface area contributed by atoms with Crippen molar-refractivity contribution in [3.8, 4) is 0 Å². The van der Waals surface area contributed by atoms with Crippen molar-refractivity contribution in [3.63, 3.8) is 0 Å². The van der Waals surface area contributed by atoms with Crippen molar-refractivity contribution < 1.29 is 53.2 Å². The average Bonchev–Trinajstić information content (AvgIpc) is 2.89. The first-order chi connectivity index (χ1) is 9.81. The third kappa shape index (κ3) is 8.25. The summed E-state index contributed by atoms with van der Waals surface area (Å²) in [4.78, 5) is 21.9. The Balaban J connectivity index is 0. The summed E-state index contributed by atoms with van der Waals surface area (Å²) in [5, 5.41) is 6.81. The van der Waals surface area contributed by atoms with Crippen molar-refractivity contribution in [2.24, 2.45) is 0 Å². The molecule has 7 nitrogen and oxygen atoms in total. The predicted octanol–water partition coefficient (Wildman–Crippen LogP) is -2.40. The molecule has 2 N–H and O–H groups in total. The number of rotatable bonds is 8. The third-order valence-corrected chi connectivity index (χ3v) is 5.08. The van der Waals surface area contributed by atoms with E-state index in [9.17, 15) is 18.0 Å². The van der Waals surface area contributed by atoms with Crippen LogP contribution in [0.5, 0.6) is 0 Å². The Bertz CT molecular complexity index is 580. The Morgan fingerprint density at radius 3 is 2.55 bits per heavy atom. The summed E-state index contributed by atoms with van der Waals surface area (Å²) >= 11 is 1.06. The molecular formula is C12H19N2NaO5S2. The van der Waals surface area contributed by atoms with E-state index in [1.54, 1.807) is 11.4 Å². The minimum Gasteiger partial charge on any atom is -1.00 e. The van der Waals surface area contributed by atoms with Crippen LogP contribution in [-0.2, 0) is 23.9 Å². The van der Waals surface area contributed by atoms with E-state index in [0.717, 1.165) is 11.3 Å². The Kier molecular flexibility index (Phi) is 10.1. The van der Waals surface area contributed by atoms with Crippen LogP contribution in [0.3, 0.4) is 0 Å². The number of hydrogen-bond donors (Lipinski definition) is 2. The van der Waals surface area contributed by atoms with Gasteiger partial charge in [0.2, 0.25) is 11.8 Å². The molecule has 0 aliphatic rings. The smallest absolute Gasteiger partial charge is 1.00 e. The zero-order valence-electron chi connectivity index (χ0n) is 13.8. The Labute approximate surface area is 157 Å². The zero-order chi connectivity index (χ0) is 15.9. The molecule has 1 aromatic heterocycles. The molecule has 1 atom stereocenters. The maximum absolute atomic E-state index is 11.9.